The Kier molecular flexibility index (Phi) is 8.74. The van der Waals surface area contributed by atoms with Gasteiger partial charge in [0, 0.05) is 31.8 Å². The van der Waals surface area contributed by atoms with E-state index in [1.165, 1.54) is 32.1 Å². The van der Waals surface area contributed by atoms with Crippen LogP contribution >= 0.6 is 24.0 Å². The highest BCUT2D eigenvalue weighted by molar-refractivity contribution is 14.0. The Hall–Kier alpha value is -0.0900. The molecule has 0 radical (unpaired) electrons. The van der Waals surface area contributed by atoms with E-state index in [-0.39, 0.29) is 29.9 Å². The Balaban J connectivity index is 0.00000225. The van der Waals surface area contributed by atoms with Crippen LogP contribution in [0.1, 0.15) is 51.4 Å². The minimum Gasteiger partial charge on any atom is -0.381 e. The summed E-state index contributed by atoms with van der Waals surface area (Å²) in [5.41, 5.74) is 0. The van der Waals surface area contributed by atoms with Crippen LogP contribution in [0.2, 0.25) is 0 Å². The van der Waals surface area contributed by atoms with E-state index in [0.717, 1.165) is 38.4 Å². The Morgan fingerprint density at radius 3 is 2.20 bits per heavy atom. The van der Waals surface area contributed by atoms with Crippen molar-refractivity contribution in [2.24, 2.45) is 10.9 Å². The maximum absolute atomic E-state index is 11.6. The molecule has 3 aliphatic rings. The number of ether oxygens (including phenoxy) is 1. The van der Waals surface area contributed by atoms with E-state index in [9.17, 15) is 8.42 Å². The largest absolute Gasteiger partial charge is 0.381 e. The number of guanidine groups is 1. The van der Waals surface area contributed by atoms with Gasteiger partial charge in [0.25, 0.3) is 0 Å². The lowest BCUT2D eigenvalue weighted by molar-refractivity contribution is 0.0821. The third-order valence-corrected chi connectivity index (χ3v) is 7.18. The van der Waals surface area contributed by atoms with Gasteiger partial charge in [-0.15, -0.1) is 24.0 Å². The molecular weight excluding hydrogens is 453 g/mol. The van der Waals surface area contributed by atoms with Gasteiger partial charge in [0.1, 0.15) is 0 Å². The van der Waals surface area contributed by atoms with Crippen LogP contribution in [0.3, 0.4) is 0 Å². The fourth-order valence-corrected chi connectivity index (χ4v) is 5.69. The Labute approximate surface area is 168 Å². The molecule has 2 N–H and O–H groups in total. The molecule has 2 heterocycles. The smallest absolute Gasteiger partial charge is 0.191 e. The number of hydrogen-bond donors (Lipinski definition) is 2. The van der Waals surface area contributed by atoms with Crippen LogP contribution in [-0.2, 0) is 14.6 Å². The Morgan fingerprint density at radius 2 is 1.60 bits per heavy atom. The Morgan fingerprint density at radius 1 is 0.960 bits per heavy atom. The number of halogens is 1. The normalized spacial score (nSPS) is 28.3. The van der Waals surface area contributed by atoms with Gasteiger partial charge in [-0.1, -0.05) is 19.3 Å². The van der Waals surface area contributed by atoms with Gasteiger partial charge in [0.05, 0.1) is 11.5 Å². The Bertz CT molecular complexity index is 507. The van der Waals surface area contributed by atoms with E-state index in [1.54, 1.807) is 0 Å². The minimum absolute atomic E-state index is 0. The third kappa shape index (κ3) is 7.21. The van der Waals surface area contributed by atoms with E-state index in [1.807, 2.05) is 0 Å². The van der Waals surface area contributed by atoms with Gasteiger partial charge < -0.3 is 15.4 Å². The van der Waals surface area contributed by atoms with Crippen molar-refractivity contribution >= 4 is 39.8 Å². The lowest BCUT2D eigenvalue weighted by atomic mass is 9.96. The van der Waals surface area contributed by atoms with Crippen LogP contribution in [0, 0.1) is 5.92 Å². The van der Waals surface area contributed by atoms with Gasteiger partial charge in [0.15, 0.2) is 15.8 Å². The van der Waals surface area contributed by atoms with Crippen LogP contribution in [0.15, 0.2) is 4.99 Å². The van der Waals surface area contributed by atoms with Gasteiger partial charge >= 0.3 is 0 Å². The molecule has 25 heavy (non-hydrogen) atoms. The predicted molar refractivity (Wildman–Crippen MR) is 111 cm³/mol. The zero-order valence-electron chi connectivity index (χ0n) is 14.9. The summed E-state index contributed by atoms with van der Waals surface area (Å²) in [7, 11) is -2.82. The molecule has 1 saturated carbocycles. The zero-order valence-corrected chi connectivity index (χ0v) is 18.1. The molecule has 2 saturated heterocycles. The summed E-state index contributed by atoms with van der Waals surface area (Å²) in [5, 5.41) is 7.15. The maximum atomic E-state index is 11.6. The van der Waals surface area contributed by atoms with Gasteiger partial charge in [-0.05, 0) is 38.0 Å². The highest BCUT2D eigenvalue weighted by Gasteiger charge is 2.28. The molecule has 3 rings (SSSR count). The molecule has 6 nitrogen and oxygen atoms in total. The summed E-state index contributed by atoms with van der Waals surface area (Å²) in [6.07, 6.45) is 9.05. The van der Waals surface area contributed by atoms with Crippen molar-refractivity contribution in [3.8, 4) is 0 Å². The van der Waals surface area contributed by atoms with E-state index in [0.29, 0.717) is 30.1 Å². The molecule has 0 amide bonds. The fourth-order valence-electron chi connectivity index (χ4n) is 3.84. The first-order valence-corrected chi connectivity index (χ1v) is 11.3. The lowest BCUT2D eigenvalue weighted by Crippen LogP contribution is -2.49. The molecule has 0 aromatic rings. The number of sulfone groups is 1. The predicted octanol–water partition coefficient (Wildman–Crippen LogP) is 2.09. The first kappa shape index (κ1) is 21.2. The summed E-state index contributed by atoms with van der Waals surface area (Å²) in [6, 6.07) is 0.901. The summed E-state index contributed by atoms with van der Waals surface area (Å²) in [5.74, 6) is 1.67. The second-order valence-electron chi connectivity index (χ2n) is 7.47. The van der Waals surface area contributed by atoms with E-state index in [4.69, 9.17) is 9.73 Å². The van der Waals surface area contributed by atoms with Gasteiger partial charge in [-0.3, -0.25) is 4.99 Å². The van der Waals surface area contributed by atoms with Gasteiger partial charge in [0.2, 0.25) is 0 Å². The maximum Gasteiger partial charge on any atom is 0.191 e. The molecule has 3 fully saturated rings. The SMILES string of the molecule is I.O=S1(=O)CCC(CN=C(NC2CCCCC2)NC2CCOCC2)C1. The molecule has 1 aliphatic carbocycles. The van der Waals surface area contributed by atoms with Gasteiger partial charge in [-0.25, -0.2) is 8.42 Å². The van der Waals surface area contributed by atoms with Crippen LogP contribution in [-0.4, -0.2) is 57.7 Å². The molecule has 0 aromatic carbocycles. The standard InChI is InChI=1S/C17H31N3O3S.HI/c21-24(22)11-8-14(13-24)12-18-17(19-15-4-2-1-3-5-15)20-16-6-9-23-10-7-16;/h14-16H,1-13H2,(H2,18,19,20);1H. The highest BCUT2D eigenvalue weighted by atomic mass is 127. The molecule has 1 unspecified atom stereocenters. The van der Waals surface area contributed by atoms with Crippen molar-refractivity contribution < 1.29 is 13.2 Å². The average molecular weight is 485 g/mol. The summed E-state index contributed by atoms with van der Waals surface area (Å²) in [4.78, 5) is 4.75. The number of nitrogens with one attached hydrogen (secondary N) is 2. The highest BCUT2D eigenvalue weighted by Crippen LogP contribution is 2.19. The van der Waals surface area contributed by atoms with Crippen molar-refractivity contribution in [3.05, 3.63) is 0 Å². The van der Waals surface area contributed by atoms with Crippen molar-refractivity contribution in [1.29, 1.82) is 0 Å². The summed E-state index contributed by atoms with van der Waals surface area (Å²) < 4.78 is 28.7. The fraction of sp³-hybridized carbons (Fsp3) is 0.941. The summed E-state index contributed by atoms with van der Waals surface area (Å²) >= 11 is 0. The molecule has 8 heteroatoms. The topological polar surface area (TPSA) is 79.8 Å². The number of hydrogen-bond acceptors (Lipinski definition) is 4. The quantitative estimate of drug-likeness (QED) is 0.362. The number of nitrogens with zero attached hydrogens (tertiary/aromatic N) is 1. The van der Waals surface area contributed by atoms with E-state index >= 15 is 0 Å². The molecule has 2 aliphatic heterocycles. The molecule has 1 atom stereocenters. The number of aliphatic imine (C=N–C) groups is 1. The third-order valence-electron chi connectivity index (χ3n) is 5.34. The average Bonchev–Trinajstić information content (AvgIpc) is 2.94. The van der Waals surface area contributed by atoms with Crippen molar-refractivity contribution in [1.82, 2.24) is 10.6 Å². The zero-order chi connectivity index (χ0) is 16.8. The minimum atomic E-state index is -2.82. The molecule has 0 spiro atoms. The summed E-state index contributed by atoms with van der Waals surface area (Å²) in [6.45, 7) is 2.20. The molecule has 146 valence electrons. The number of rotatable bonds is 4. The van der Waals surface area contributed by atoms with E-state index in [2.05, 4.69) is 10.6 Å². The first-order chi connectivity index (χ1) is 11.6. The first-order valence-electron chi connectivity index (χ1n) is 9.46. The molecular formula is C17H32IN3O3S. The van der Waals surface area contributed by atoms with Crippen molar-refractivity contribution in [3.63, 3.8) is 0 Å². The van der Waals surface area contributed by atoms with Crippen molar-refractivity contribution in [2.75, 3.05) is 31.3 Å². The van der Waals surface area contributed by atoms with Crippen LogP contribution < -0.4 is 10.6 Å². The van der Waals surface area contributed by atoms with Gasteiger partial charge in [-0.2, -0.15) is 0 Å². The van der Waals surface area contributed by atoms with E-state index < -0.39 is 9.84 Å². The van der Waals surface area contributed by atoms with Crippen LogP contribution in [0.25, 0.3) is 0 Å². The second-order valence-corrected chi connectivity index (χ2v) is 9.70. The monoisotopic (exact) mass is 485 g/mol. The second kappa shape index (κ2) is 10.3. The lowest BCUT2D eigenvalue weighted by Gasteiger charge is -2.29. The molecule has 0 aromatic heterocycles. The van der Waals surface area contributed by atoms with Crippen LogP contribution in [0.4, 0.5) is 0 Å². The van der Waals surface area contributed by atoms with Crippen LogP contribution in [0.5, 0.6) is 0 Å². The van der Waals surface area contributed by atoms with Crippen molar-refractivity contribution in [2.45, 2.75) is 63.5 Å². The molecule has 0 bridgehead atoms.